The Labute approximate surface area is 187 Å². The van der Waals surface area contributed by atoms with Crippen LogP contribution in [0, 0.1) is 5.82 Å². The van der Waals surface area contributed by atoms with E-state index in [1.807, 2.05) is 18.2 Å². The molecule has 1 aromatic heterocycles. The quantitative estimate of drug-likeness (QED) is 0.348. The molecule has 0 aliphatic carbocycles. The average molecular weight is 501 g/mol. The summed E-state index contributed by atoms with van der Waals surface area (Å²) in [7, 11) is -3.68. The molecule has 3 aromatic carbocycles. The van der Waals surface area contributed by atoms with Crippen LogP contribution in [0.15, 0.2) is 80.5 Å². The first kappa shape index (κ1) is 20.4. The Morgan fingerprint density at radius 3 is 2.58 bits per heavy atom. The number of benzene rings is 3. The highest BCUT2D eigenvalue weighted by Crippen LogP contribution is 2.38. The molecule has 1 fully saturated rings. The molecule has 4 aromatic rings. The fourth-order valence-corrected chi connectivity index (χ4v) is 5.87. The van der Waals surface area contributed by atoms with Gasteiger partial charge in [-0.1, -0.05) is 34.1 Å². The second-order valence-electron chi connectivity index (χ2n) is 7.47. The van der Waals surface area contributed by atoms with Gasteiger partial charge in [-0.3, -0.25) is 0 Å². The maximum Gasteiger partial charge on any atom is 0.243 e. The Hall–Kier alpha value is -2.55. The zero-order valence-corrected chi connectivity index (χ0v) is 18.7. The van der Waals surface area contributed by atoms with Crippen LogP contribution in [-0.2, 0) is 10.0 Å². The molecular weight excluding hydrogens is 483 g/mol. The van der Waals surface area contributed by atoms with E-state index in [0.29, 0.717) is 30.0 Å². The molecule has 158 valence electrons. The first-order valence-corrected chi connectivity index (χ1v) is 12.1. The van der Waals surface area contributed by atoms with Crippen molar-refractivity contribution in [1.29, 1.82) is 0 Å². The summed E-state index contributed by atoms with van der Waals surface area (Å²) in [6, 6.07) is 18.0. The van der Waals surface area contributed by atoms with Crippen LogP contribution in [0.5, 0.6) is 0 Å². The average Bonchev–Trinajstić information content (AvgIpc) is 3.41. The summed E-state index contributed by atoms with van der Waals surface area (Å²) in [6.45, 7) is 0.413. The lowest BCUT2D eigenvalue weighted by atomic mass is 10.1. The van der Waals surface area contributed by atoms with Gasteiger partial charge >= 0.3 is 0 Å². The lowest BCUT2D eigenvalue weighted by Crippen LogP contribution is -2.30. The molecule has 5 nitrogen and oxygen atoms in total. The number of hydrogen-bond donors (Lipinski definition) is 0. The normalized spacial score (nSPS) is 17.4. The highest BCUT2D eigenvalue weighted by molar-refractivity contribution is 9.10. The minimum atomic E-state index is -3.68. The molecule has 1 atom stereocenters. The van der Waals surface area contributed by atoms with Gasteiger partial charge in [-0.25, -0.2) is 17.8 Å². The highest BCUT2D eigenvalue weighted by atomic mass is 79.9. The van der Waals surface area contributed by atoms with Crippen molar-refractivity contribution in [1.82, 2.24) is 9.29 Å². The van der Waals surface area contributed by atoms with Crippen LogP contribution in [0.2, 0.25) is 0 Å². The molecule has 0 unspecified atom stereocenters. The minimum absolute atomic E-state index is 0.243. The summed E-state index contributed by atoms with van der Waals surface area (Å²) >= 11 is 3.34. The number of fused-ring (bicyclic) bond motifs is 1. The van der Waals surface area contributed by atoms with E-state index in [2.05, 4.69) is 20.9 Å². The van der Waals surface area contributed by atoms with Crippen LogP contribution >= 0.6 is 15.9 Å². The molecule has 5 rings (SSSR count). The van der Waals surface area contributed by atoms with Crippen molar-refractivity contribution >= 4 is 37.1 Å². The fraction of sp³-hybridized carbons (Fsp3) is 0.174. The Bertz CT molecular complexity index is 1370. The summed E-state index contributed by atoms with van der Waals surface area (Å²) in [5.41, 5.74) is 2.75. The third kappa shape index (κ3) is 3.79. The zero-order valence-electron chi connectivity index (χ0n) is 16.3. The molecule has 0 bridgehead atoms. The van der Waals surface area contributed by atoms with Crippen molar-refractivity contribution < 1.29 is 17.2 Å². The maximum atomic E-state index is 13.6. The molecule has 1 aliphatic rings. The molecule has 0 spiro atoms. The van der Waals surface area contributed by atoms with Crippen LogP contribution in [0.25, 0.3) is 22.2 Å². The molecule has 8 heteroatoms. The van der Waals surface area contributed by atoms with E-state index >= 15 is 0 Å². The number of halogens is 2. The third-order valence-corrected chi connectivity index (χ3v) is 7.92. The molecule has 2 heterocycles. The lowest BCUT2D eigenvalue weighted by Gasteiger charge is -2.21. The van der Waals surface area contributed by atoms with Gasteiger partial charge in [0.25, 0.3) is 0 Å². The van der Waals surface area contributed by atoms with Gasteiger partial charge in [0, 0.05) is 11.0 Å². The van der Waals surface area contributed by atoms with Gasteiger partial charge in [-0.15, -0.1) is 0 Å². The van der Waals surface area contributed by atoms with Gasteiger partial charge in [0.05, 0.1) is 4.90 Å². The number of hydrogen-bond acceptors (Lipinski definition) is 4. The standard InChI is InChI=1S/C23H18BrFN2O3S/c24-17-7-9-19(10-8-17)31(28,29)27-12-2-5-21(27)23-26-20-14-16(6-11-22(20)30-23)15-3-1-4-18(25)13-15/h1,3-4,6-11,13-14,21H,2,5,12H2/t21-/m0/s1. The molecular formula is C23H18BrFN2O3S. The molecule has 0 N–H and O–H groups in total. The van der Waals surface area contributed by atoms with Crippen molar-refractivity contribution in [2.24, 2.45) is 0 Å². The highest BCUT2D eigenvalue weighted by Gasteiger charge is 2.39. The van der Waals surface area contributed by atoms with Gasteiger partial charge < -0.3 is 4.42 Å². The van der Waals surface area contributed by atoms with Crippen LogP contribution < -0.4 is 0 Å². The summed E-state index contributed by atoms with van der Waals surface area (Å²) in [6.07, 6.45) is 1.37. The SMILES string of the molecule is O=S(=O)(c1ccc(Br)cc1)N1CCC[C@H]1c1nc2cc(-c3cccc(F)c3)ccc2o1. The van der Waals surface area contributed by atoms with E-state index in [9.17, 15) is 12.8 Å². The molecule has 0 amide bonds. The van der Waals surface area contributed by atoms with Crippen molar-refractivity contribution in [3.05, 3.63) is 82.9 Å². The number of rotatable bonds is 4. The number of sulfonamides is 1. The number of oxazole rings is 1. The van der Waals surface area contributed by atoms with E-state index in [1.165, 1.54) is 16.4 Å². The van der Waals surface area contributed by atoms with Crippen LogP contribution in [-0.4, -0.2) is 24.3 Å². The van der Waals surface area contributed by atoms with Gasteiger partial charge in [-0.2, -0.15) is 4.31 Å². The summed E-state index contributed by atoms with van der Waals surface area (Å²) in [5, 5.41) is 0. The predicted octanol–water partition coefficient (Wildman–Crippen LogP) is 5.92. The molecule has 1 saturated heterocycles. The Morgan fingerprint density at radius 1 is 1.03 bits per heavy atom. The third-order valence-electron chi connectivity index (χ3n) is 5.47. The lowest BCUT2D eigenvalue weighted by molar-refractivity contribution is 0.337. The largest absolute Gasteiger partial charge is 0.439 e. The zero-order chi connectivity index (χ0) is 21.6. The molecule has 0 radical (unpaired) electrons. The number of aromatic nitrogens is 1. The Balaban J connectivity index is 1.50. The fourth-order valence-electron chi connectivity index (χ4n) is 3.95. The second kappa shape index (κ2) is 7.85. The molecule has 1 aliphatic heterocycles. The van der Waals surface area contributed by atoms with Crippen LogP contribution in [0.4, 0.5) is 4.39 Å². The van der Waals surface area contributed by atoms with Crippen molar-refractivity contribution in [2.75, 3.05) is 6.54 Å². The summed E-state index contributed by atoms with van der Waals surface area (Å²) in [5.74, 6) is 0.0720. The topological polar surface area (TPSA) is 63.4 Å². The smallest absolute Gasteiger partial charge is 0.243 e. The van der Waals surface area contributed by atoms with E-state index in [0.717, 1.165) is 22.0 Å². The number of nitrogens with zero attached hydrogens (tertiary/aromatic N) is 2. The summed E-state index contributed by atoms with van der Waals surface area (Å²) in [4.78, 5) is 4.84. The van der Waals surface area contributed by atoms with Gasteiger partial charge in [0.15, 0.2) is 5.58 Å². The van der Waals surface area contributed by atoms with E-state index in [4.69, 9.17) is 4.42 Å². The Morgan fingerprint density at radius 2 is 1.81 bits per heavy atom. The van der Waals surface area contributed by atoms with Crippen molar-refractivity contribution in [2.45, 2.75) is 23.8 Å². The van der Waals surface area contributed by atoms with Crippen molar-refractivity contribution in [3.8, 4) is 11.1 Å². The Kier molecular flexibility index (Phi) is 5.16. The van der Waals surface area contributed by atoms with Crippen LogP contribution in [0.1, 0.15) is 24.8 Å². The molecule has 0 saturated carbocycles. The van der Waals surface area contributed by atoms with E-state index in [1.54, 1.807) is 36.4 Å². The van der Waals surface area contributed by atoms with Crippen LogP contribution in [0.3, 0.4) is 0 Å². The first-order chi connectivity index (χ1) is 14.9. The minimum Gasteiger partial charge on any atom is -0.439 e. The van der Waals surface area contributed by atoms with E-state index in [-0.39, 0.29) is 10.7 Å². The monoisotopic (exact) mass is 500 g/mol. The van der Waals surface area contributed by atoms with Gasteiger partial charge in [0.2, 0.25) is 15.9 Å². The molecule has 31 heavy (non-hydrogen) atoms. The van der Waals surface area contributed by atoms with Gasteiger partial charge in [-0.05, 0) is 72.5 Å². The van der Waals surface area contributed by atoms with E-state index < -0.39 is 16.1 Å². The van der Waals surface area contributed by atoms with Crippen molar-refractivity contribution in [3.63, 3.8) is 0 Å². The first-order valence-electron chi connectivity index (χ1n) is 9.86. The predicted molar refractivity (Wildman–Crippen MR) is 119 cm³/mol. The second-order valence-corrected chi connectivity index (χ2v) is 10.3. The summed E-state index contributed by atoms with van der Waals surface area (Å²) < 4.78 is 48.3. The van der Waals surface area contributed by atoms with Gasteiger partial charge in [0.1, 0.15) is 17.4 Å². The maximum absolute atomic E-state index is 13.6.